The number of para-hydroxylation sites is 1. The van der Waals surface area contributed by atoms with Crippen molar-refractivity contribution < 1.29 is 4.79 Å². The molecule has 2 atom stereocenters. The van der Waals surface area contributed by atoms with Crippen molar-refractivity contribution in [3.05, 3.63) is 102 Å². The molecule has 1 saturated heterocycles. The maximum Gasteiger partial charge on any atom is 0.224 e. The minimum absolute atomic E-state index is 0.0197. The van der Waals surface area contributed by atoms with E-state index >= 15 is 0 Å². The van der Waals surface area contributed by atoms with E-state index in [1.807, 2.05) is 18.2 Å². The van der Waals surface area contributed by atoms with Crippen molar-refractivity contribution >= 4 is 11.6 Å². The molecule has 2 aliphatic heterocycles. The molecule has 140 valence electrons. The Morgan fingerprint density at radius 1 is 0.893 bits per heavy atom. The second kappa shape index (κ2) is 6.52. The van der Waals surface area contributed by atoms with E-state index in [9.17, 15) is 4.79 Å². The lowest BCUT2D eigenvalue weighted by Crippen LogP contribution is -2.60. The van der Waals surface area contributed by atoms with E-state index in [0.29, 0.717) is 13.0 Å². The number of hydrogen-bond acceptors (Lipinski definition) is 2. The van der Waals surface area contributed by atoms with Crippen LogP contribution in [0.4, 0.5) is 5.69 Å². The summed E-state index contributed by atoms with van der Waals surface area (Å²) >= 11 is 0. The van der Waals surface area contributed by atoms with Gasteiger partial charge < -0.3 is 9.80 Å². The highest BCUT2D eigenvalue weighted by molar-refractivity contribution is 5.82. The van der Waals surface area contributed by atoms with Crippen LogP contribution in [0.1, 0.15) is 29.5 Å². The van der Waals surface area contributed by atoms with Gasteiger partial charge in [-0.15, -0.1) is 0 Å². The van der Waals surface area contributed by atoms with E-state index in [0.717, 1.165) is 6.42 Å². The summed E-state index contributed by atoms with van der Waals surface area (Å²) in [6.45, 7) is 0.636. The highest BCUT2D eigenvalue weighted by Crippen LogP contribution is 2.54. The first-order chi connectivity index (χ1) is 13.7. The van der Waals surface area contributed by atoms with E-state index in [4.69, 9.17) is 0 Å². The van der Waals surface area contributed by atoms with Gasteiger partial charge in [-0.05, 0) is 29.2 Å². The van der Waals surface area contributed by atoms with Crippen LogP contribution in [0.3, 0.4) is 0 Å². The molecule has 2 heterocycles. The summed E-state index contributed by atoms with van der Waals surface area (Å²) in [5.41, 5.74) is 4.82. The second-order valence-electron chi connectivity index (χ2n) is 7.85. The van der Waals surface area contributed by atoms with E-state index < -0.39 is 0 Å². The van der Waals surface area contributed by atoms with Crippen molar-refractivity contribution in [3.63, 3.8) is 0 Å². The number of fused-ring (bicyclic) bond motifs is 3. The number of nitrogens with zero attached hydrogens (tertiary/aromatic N) is 2. The first-order valence-electron chi connectivity index (χ1n) is 9.93. The zero-order valence-corrected chi connectivity index (χ0v) is 16.1. The van der Waals surface area contributed by atoms with Crippen molar-refractivity contribution in [1.29, 1.82) is 0 Å². The van der Waals surface area contributed by atoms with E-state index in [1.54, 1.807) is 0 Å². The fraction of sp³-hybridized carbons (Fsp3) is 0.240. The summed E-state index contributed by atoms with van der Waals surface area (Å²) in [5.74, 6) is 0.236. The molecular formula is C25H24N2O. The van der Waals surface area contributed by atoms with E-state index in [1.165, 1.54) is 22.4 Å². The first kappa shape index (κ1) is 17.1. The average Bonchev–Trinajstić information content (AvgIpc) is 3.02. The topological polar surface area (TPSA) is 23.6 Å². The third-order valence-electron chi connectivity index (χ3n) is 6.41. The first-order valence-corrected chi connectivity index (χ1v) is 9.93. The fourth-order valence-electron chi connectivity index (χ4n) is 5.22. The summed E-state index contributed by atoms with van der Waals surface area (Å²) in [6.07, 6.45) is 1.39. The number of piperidine rings is 1. The highest BCUT2D eigenvalue weighted by Gasteiger charge is 2.56. The number of hydrogen-bond donors (Lipinski definition) is 0. The van der Waals surface area contributed by atoms with Crippen LogP contribution < -0.4 is 4.90 Å². The molecule has 28 heavy (non-hydrogen) atoms. The Morgan fingerprint density at radius 3 is 2.29 bits per heavy atom. The average molecular weight is 368 g/mol. The molecule has 3 aromatic carbocycles. The summed E-state index contributed by atoms with van der Waals surface area (Å²) < 4.78 is 0. The highest BCUT2D eigenvalue weighted by atomic mass is 16.2. The number of carbonyl (C=O) groups is 1. The van der Waals surface area contributed by atoms with Gasteiger partial charge in [0.15, 0.2) is 0 Å². The number of benzene rings is 3. The number of likely N-dealkylation sites (N-methyl/N-ethyl adjacent to an activating group) is 1. The van der Waals surface area contributed by atoms with Crippen LogP contribution in [0.25, 0.3) is 0 Å². The molecule has 0 aromatic heterocycles. The predicted molar refractivity (Wildman–Crippen MR) is 112 cm³/mol. The van der Waals surface area contributed by atoms with Gasteiger partial charge in [-0.2, -0.15) is 0 Å². The van der Waals surface area contributed by atoms with Gasteiger partial charge in [0.2, 0.25) is 5.91 Å². The van der Waals surface area contributed by atoms with Gasteiger partial charge in [0, 0.05) is 25.7 Å². The molecule has 2 aliphatic rings. The molecular weight excluding hydrogens is 344 g/mol. The Labute approximate surface area is 166 Å². The molecule has 1 amide bonds. The van der Waals surface area contributed by atoms with E-state index in [2.05, 4.69) is 83.6 Å². The van der Waals surface area contributed by atoms with Crippen LogP contribution in [0, 0.1) is 0 Å². The van der Waals surface area contributed by atoms with Crippen LogP contribution in [0.2, 0.25) is 0 Å². The van der Waals surface area contributed by atoms with Crippen LogP contribution in [-0.2, 0) is 16.8 Å². The van der Waals surface area contributed by atoms with Crippen LogP contribution in [-0.4, -0.2) is 24.0 Å². The van der Waals surface area contributed by atoms with Crippen molar-refractivity contribution in [2.45, 2.75) is 31.0 Å². The largest absolute Gasteiger partial charge is 0.353 e. The molecule has 5 rings (SSSR count). The Hall–Kier alpha value is -3.07. The Kier molecular flexibility index (Phi) is 3.97. The van der Waals surface area contributed by atoms with Gasteiger partial charge in [0.1, 0.15) is 6.17 Å². The number of rotatable bonds is 3. The number of anilines is 1. The normalized spacial score (nSPS) is 23.5. The second-order valence-corrected chi connectivity index (χ2v) is 7.85. The van der Waals surface area contributed by atoms with Gasteiger partial charge in [-0.3, -0.25) is 4.79 Å². The monoisotopic (exact) mass is 368 g/mol. The lowest BCUT2D eigenvalue weighted by Gasteiger charge is -2.48. The lowest BCUT2D eigenvalue weighted by atomic mass is 9.68. The standard InChI is InChI=1S/C25H24N2O/c1-26-22-15-9-8-14-21(22)25(20-12-6-3-7-13-20)17-16-23(28)27(24(25)26)18-19-10-4-2-5-11-19/h2-15,24H,16-18H2,1H3/t24-,25+/m1/s1. The summed E-state index contributed by atoms with van der Waals surface area (Å²) in [4.78, 5) is 17.5. The Balaban J connectivity index is 1.68. The van der Waals surface area contributed by atoms with Crippen LogP contribution in [0.5, 0.6) is 0 Å². The third-order valence-corrected chi connectivity index (χ3v) is 6.41. The smallest absolute Gasteiger partial charge is 0.224 e. The quantitative estimate of drug-likeness (QED) is 0.676. The van der Waals surface area contributed by atoms with Crippen molar-refractivity contribution in [2.75, 3.05) is 11.9 Å². The SMILES string of the molecule is CN1c2ccccc2[C@@]2(c3ccccc3)CCC(=O)N(Cc3ccccc3)[C@@H]12. The molecule has 0 spiro atoms. The van der Waals surface area contributed by atoms with Crippen molar-refractivity contribution in [1.82, 2.24) is 4.90 Å². The van der Waals surface area contributed by atoms with Gasteiger partial charge in [0.25, 0.3) is 0 Å². The van der Waals surface area contributed by atoms with Gasteiger partial charge in [0.05, 0.1) is 5.41 Å². The van der Waals surface area contributed by atoms with Crippen LogP contribution >= 0.6 is 0 Å². The molecule has 3 aromatic rings. The van der Waals surface area contributed by atoms with Gasteiger partial charge in [-0.1, -0.05) is 78.9 Å². The number of amides is 1. The van der Waals surface area contributed by atoms with E-state index in [-0.39, 0.29) is 17.5 Å². The van der Waals surface area contributed by atoms with Crippen molar-refractivity contribution in [2.24, 2.45) is 0 Å². The van der Waals surface area contributed by atoms with Gasteiger partial charge >= 0.3 is 0 Å². The maximum atomic E-state index is 13.1. The van der Waals surface area contributed by atoms with Crippen LogP contribution in [0.15, 0.2) is 84.9 Å². The zero-order valence-electron chi connectivity index (χ0n) is 16.1. The minimum Gasteiger partial charge on any atom is -0.353 e. The number of carbonyl (C=O) groups excluding carboxylic acids is 1. The number of likely N-dealkylation sites (tertiary alicyclic amines) is 1. The molecule has 0 bridgehead atoms. The fourth-order valence-corrected chi connectivity index (χ4v) is 5.22. The molecule has 0 N–H and O–H groups in total. The summed E-state index contributed by atoms with van der Waals surface area (Å²) in [5, 5.41) is 0. The molecule has 0 aliphatic carbocycles. The lowest BCUT2D eigenvalue weighted by molar-refractivity contribution is -0.139. The Morgan fingerprint density at radius 2 is 1.54 bits per heavy atom. The minimum atomic E-state index is -0.199. The molecule has 3 heteroatoms. The zero-order chi connectivity index (χ0) is 19.1. The van der Waals surface area contributed by atoms with Crippen molar-refractivity contribution in [3.8, 4) is 0 Å². The van der Waals surface area contributed by atoms with Gasteiger partial charge in [-0.25, -0.2) is 0 Å². The predicted octanol–water partition coefficient (Wildman–Crippen LogP) is 4.57. The molecule has 0 radical (unpaired) electrons. The summed E-state index contributed by atoms with van der Waals surface area (Å²) in [6, 6.07) is 29.7. The third kappa shape index (κ3) is 2.39. The molecule has 0 saturated carbocycles. The molecule has 0 unspecified atom stereocenters. The molecule has 1 fully saturated rings. The maximum absolute atomic E-state index is 13.1. The molecule has 3 nitrogen and oxygen atoms in total. The Bertz CT molecular complexity index is 1000. The summed E-state index contributed by atoms with van der Waals surface area (Å²) in [7, 11) is 2.13.